The smallest absolute Gasteiger partial charge is 0.341 e. The Morgan fingerprint density at radius 2 is 1.86 bits per heavy atom. The molecule has 1 aromatic heterocycles. The molecule has 2 rings (SSSR count). The normalized spacial score (nSPS) is 11.3. The summed E-state index contributed by atoms with van der Waals surface area (Å²) >= 11 is 10.4. The van der Waals surface area contributed by atoms with Crippen LogP contribution in [0.1, 0.15) is 15.2 Å². The molecule has 0 aliphatic rings. The number of methoxy groups -OCH3 is 1. The molecule has 0 fully saturated rings. The number of benzene rings is 1. The van der Waals surface area contributed by atoms with Crippen molar-refractivity contribution in [3.05, 3.63) is 61.2 Å². The molecule has 21 heavy (non-hydrogen) atoms. The van der Waals surface area contributed by atoms with Gasteiger partial charge < -0.3 is 4.74 Å². The van der Waals surface area contributed by atoms with Crippen LogP contribution in [0.15, 0.2) is 45.8 Å². The molecule has 3 nitrogen and oxygen atoms in total. The summed E-state index contributed by atoms with van der Waals surface area (Å²) in [5.41, 5.74) is 0.679. The highest BCUT2D eigenvalue weighted by Gasteiger charge is 2.22. The maximum Gasteiger partial charge on any atom is 0.341 e. The van der Waals surface area contributed by atoms with Crippen molar-refractivity contribution in [2.24, 2.45) is 0 Å². The molecule has 0 radical (unpaired) electrons. The van der Waals surface area contributed by atoms with Crippen molar-refractivity contribution in [2.45, 2.75) is 0 Å². The number of Topliss-reactive ketones (excluding diaryl/α,β-unsaturated/α-hetero) is 1. The second kappa shape index (κ2) is 7.02. The fourth-order valence-electron chi connectivity index (χ4n) is 1.62. The van der Waals surface area contributed by atoms with Crippen LogP contribution in [0.25, 0.3) is 6.08 Å². The Labute approximate surface area is 139 Å². The molecule has 0 spiro atoms. The second-order valence-electron chi connectivity index (χ2n) is 4.03. The van der Waals surface area contributed by atoms with E-state index in [4.69, 9.17) is 16.3 Å². The van der Waals surface area contributed by atoms with Gasteiger partial charge in [-0.05, 0) is 51.8 Å². The van der Waals surface area contributed by atoms with Gasteiger partial charge in [0.25, 0.3) is 0 Å². The Kier molecular flexibility index (Phi) is 5.33. The van der Waals surface area contributed by atoms with Gasteiger partial charge in [-0.3, -0.25) is 4.79 Å². The van der Waals surface area contributed by atoms with E-state index in [1.165, 1.54) is 24.5 Å². The van der Waals surface area contributed by atoms with Crippen molar-refractivity contribution in [2.75, 3.05) is 7.11 Å². The fraction of sp³-hybridized carbons (Fsp3) is 0.0667. The van der Waals surface area contributed by atoms with Crippen molar-refractivity contribution in [3.8, 4) is 0 Å². The third kappa shape index (κ3) is 4.03. The topological polar surface area (TPSA) is 43.4 Å². The third-order valence-corrected chi connectivity index (χ3v) is 4.50. The lowest BCUT2D eigenvalue weighted by atomic mass is 10.1. The number of ketones is 1. The minimum absolute atomic E-state index is 0.0193. The zero-order valence-electron chi connectivity index (χ0n) is 10.9. The molecule has 0 N–H and O–H groups in total. The zero-order valence-corrected chi connectivity index (χ0v) is 14.1. The number of hydrogen-bond donors (Lipinski definition) is 0. The highest BCUT2D eigenvalue weighted by atomic mass is 79.9. The van der Waals surface area contributed by atoms with Gasteiger partial charge in [-0.1, -0.05) is 23.7 Å². The zero-order chi connectivity index (χ0) is 15.4. The summed E-state index contributed by atoms with van der Waals surface area (Å²) in [5.74, 6) is -1.04. The largest absolute Gasteiger partial charge is 0.465 e. The Morgan fingerprint density at radius 1 is 1.19 bits per heavy atom. The highest BCUT2D eigenvalue weighted by Crippen LogP contribution is 2.25. The van der Waals surface area contributed by atoms with E-state index in [1.807, 2.05) is 0 Å². The number of halogens is 2. The first-order valence-corrected chi connectivity index (χ1v) is 7.85. The lowest BCUT2D eigenvalue weighted by Crippen LogP contribution is -2.13. The molecule has 2 aromatic rings. The number of esters is 1. The van der Waals surface area contributed by atoms with Crippen LogP contribution < -0.4 is 0 Å². The van der Waals surface area contributed by atoms with E-state index in [1.54, 1.807) is 36.4 Å². The van der Waals surface area contributed by atoms with Gasteiger partial charge >= 0.3 is 5.97 Å². The van der Waals surface area contributed by atoms with Gasteiger partial charge in [-0.25, -0.2) is 4.79 Å². The first-order chi connectivity index (χ1) is 10.0. The molecule has 1 heterocycles. The third-order valence-electron chi connectivity index (χ3n) is 2.63. The quantitative estimate of drug-likeness (QED) is 0.254. The molecule has 6 heteroatoms. The lowest BCUT2D eigenvalue weighted by molar-refractivity contribution is -0.135. The van der Waals surface area contributed by atoms with Crippen molar-refractivity contribution < 1.29 is 14.3 Å². The second-order valence-corrected chi connectivity index (χ2v) is 6.93. The van der Waals surface area contributed by atoms with Crippen LogP contribution >= 0.6 is 38.9 Å². The maximum atomic E-state index is 12.4. The Morgan fingerprint density at radius 3 is 2.38 bits per heavy atom. The van der Waals surface area contributed by atoms with Gasteiger partial charge in [0.1, 0.15) is 5.57 Å². The van der Waals surface area contributed by atoms with Crippen LogP contribution in [0, 0.1) is 0 Å². The van der Waals surface area contributed by atoms with Crippen LogP contribution in [0.4, 0.5) is 0 Å². The van der Waals surface area contributed by atoms with Crippen molar-refractivity contribution in [1.29, 1.82) is 0 Å². The molecule has 0 aliphatic carbocycles. The molecule has 1 aromatic carbocycles. The molecule has 0 amide bonds. The summed E-state index contributed by atoms with van der Waals surface area (Å²) in [6.07, 6.45) is 1.50. The number of carbonyl (C=O) groups is 2. The monoisotopic (exact) mass is 384 g/mol. The first kappa shape index (κ1) is 15.9. The molecular weight excluding hydrogens is 376 g/mol. The molecule has 108 valence electrons. The van der Waals surface area contributed by atoms with Crippen LogP contribution in [0.2, 0.25) is 5.02 Å². The highest BCUT2D eigenvalue weighted by molar-refractivity contribution is 9.11. The van der Waals surface area contributed by atoms with Crippen LogP contribution in [-0.4, -0.2) is 18.9 Å². The molecule has 0 bridgehead atoms. The van der Waals surface area contributed by atoms with Gasteiger partial charge in [0.05, 0.1) is 15.8 Å². The summed E-state index contributed by atoms with van der Waals surface area (Å²) in [6, 6.07) is 10.2. The minimum atomic E-state index is -0.667. The van der Waals surface area contributed by atoms with Gasteiger partial charge in [0.2, 0.25) is 5.78 Å². The van der Waals surface area contributed by atoms with Gasteiger partial charge in [-0.2, -0.15) is 0 Å². The van der Waals surface area contributed by atoms with E-state index in [2.05, 4.69) is 15.9 Å². The van der Waals surface area contributed by atoms with E-state index < -0.39 is 5.97 Å². The Balaban J connectivity index is 2.41. The standard InChI is InChI=1S/C15H10BrClO3S/c1-20-15(19)11(8-9-2-4-10(17)5-3-9)14(18)12-6-7-13(16)21-12/h2-8H,1H3/b11-8-. The summed E-state index contributed by atoms with van der Waals surface area (Å²) in [6.45, 7) is 0. The summed E-state index contributed by atoms with van der Waals surface area (Å²) in [4.78, 5) is 24.7. The number of carbonyl (C=O) groups excluding carboxylic acids is 2. The van der Waals surface area contributed by atoms with Crippen molar-refractivity contribution in [3.63, 3.8) is 0 Å². The molecule has 0 saturated carbocycles. The van der Waals surface area contributed by atoms with Crippen molar-refractivity contribution in [1.82, 2.24) is 0 Å². The first-order valence-electron chi connectivity index (χ1n) is 5.87. The molecule has 0 saturated heterocycles. The molecule has 0 unspecified atom stereocenters. The lowest BCUT2D eigenvalue weighted by Gasteiger charge is -2.04. The van der Waals surface area contributed by atoms with Gasteiger partial charge in [-0.15, -0.1) is 11.3 Å². The van der Waals surface area contributed by atoms with E-state index in [9.17, 15) is 9.59 Å². The van der Waals surface area contributed by atoms with E-state index in [0.29, 0.717) is 15.5 Å². The minimum Gasteiger partial charge on any atom is -0.465 e. The van der Waals surface area contributed by atoms with E-state index in [-0.39, 0.29) is 11.4 Å². The van der Waals surface area contributed by atoms with Crippen LogP contribution in [0.5, 0.6) is 0 Å². The summed E-state index contributed by atoms with van der Waals surface area (Å²) < 4.78 is 5.52. The summed E-state index contributed by atoms with van der Waals surface area (Å²) in [5, 5.41) is 0.584. The van der Waals surface area contributed by atoms with Gasteiger partial charge in [0.15, 0.2) is 0 Å². The SMILES string of the molecule is COC(=O)/C(=C\c1ccc(Cl)cc1)C(=O)c1ccc(Br)s1. The fourth-order valence-corrected chi connectivity index (χ4v) is 3.09. The average molecular weight is 386 g/mol. The molecular formula is C15H10BrClO3S. The van der Waals surface area contributed by atoms with Crippen molar-refractivity contribution >= 4 is 56.7 Å². The van der Waals surface area contributed by atoms with Crippen LogP contribution in [0.3, 0.4) is 0 Å². The predicted octanol–water partition coefficient (Wildman–Crippen LogP) is 4.60. The maximum absolute atomic E-state index is 12.4. The number of ether oxygens (including phenoxy) is 1. The van der Waals surface area contributed by atoms with Crippen LogP contribution in [-0.2, 0) is 9.53 Å². The number of thiophene rings is 1. The average Bonchev–Trinajstić information content (AvgIpc) is 2.92. The van der Waals surface area contributed by atoms with Gasteiger partial charge in [0, 0.05) is 5.02 Å². The van der Waals surface area contributed by atoms with E-state index in [0.717, 1.165) is 3.79 Å². The number of hydrogen-bond acceptors (Lipinski definition) is 4. The summed E-state index contributed by atoms with van der Waals surface area (Å²) in [7, 11) is 1.25. The Hall–Kier alpha value is -1.43. The number of rotatable bonds is 4. The molecule has 0 aliphatic heterocycles. The Bertz CT molecular complexity index is 704. The van der Waals surface area contributed by atoms with E-state index >= 15 is 0 Å². The predicted molar refractivity (Wildman–Crippen MR) is 87.8 cm³/mol. The molecule has 0 atom stereocenters.